The third-order valence-corrected chi connectivity index (χ3v) is 8.12. The monoisotopic (exact) mass is 483 g/mol. The van der Waals surface area contributed by atoms with Crippen molar-refractivity contribution in [2.45, 2.75) is 63.6 Å². The molecule has 12 heteroatoms. The van der Waals surface area contributed by atoms with Gasteiger partial charge in [-0.15, -0.1) is 0 Å². The number of aliphatic carboxylic acids is 1. The van der Waals surface area contributed by atoms with Gasteiger partial charge in [0, 0.05) is 6.54 Å². The Bertz CT molecular complexity index is 1010. The molecule has 33 heavy (non-hydrogen) atoms. The third-order valence-electron chi connectivity index (χ3n) is 6.01. The first-order valence-corrected chi connectivity index (χ1v) is 12.1. The second-order valence-electron chi connectivity index (χ2n) is 8.10. The van der Waals surface area contributed by atoms with Crippen LogP contribution in [0, 0.1) is 26.2 Å². The van der Waals surface area contributed by atoms with Gasteiger partial charge in [0.1, 0.15) is 11.8 Å². The van der Waals surface area contributed by atoms with Crippen molar-refractivity contribution in [3.63, 3.8) is 0 Å². The molecule has 0 spiro atoms. The molecule has 1 amide bonds. The summed E-state index contributed by atoms with van der Waals surface area (Å²) in [5, 5.41) is 20.6. The molecule has 5 N–H and O–H groups in total. The molecule has 0 bridgehead atoms. The number of guanidine groups is 1. The number of hydrogen-bond acceptors (Lipinski definition) is 7. The first kappa shape index (κ1) is 26.4. The van der Waals surface area contributed by atoms with Crippen LogP contribution in [0.4, 0.5) is 0 Å². The number of amides is 1. The Kier molecular flexibility index (Phi) is 8.67. The Balaban J connectivity index is 2.27. The first-order chi connectivity index (χ1) is 15.5. The minimum Gasteiger partial charge on any atom is -0.496 e. The molecule has 0 saturated carbocycles. The van der Waals surface area contributed by atoms with E-state index in [0.29, 0.717) is 41.8 Å². The second-order valence-corrected chi connectivity index (χ2v) is 9.90. The van der Waals surface area contributed by atoms with Gasteiger partial charge in [0.2, 0.25) is 12.4 Å². The molecule has 2 rings (SSSR count). The van der Waals surface area contributed by atoms with E-state index in [0.717, 1.165) is 10.7 Å². The van der Waals surface area contributed by atoms with Gasteiger partial charge < -0.3 is 20.5 Å². The maximum absolute atomic E-state index is 13.4. The maximum Gasteiger partial charge on any atom is 0.326 e. The number of ether oxygens (including phenoxy) is 1. The number of hydrogen-bond donors (Lipinski definition) is 4. The molecule has 1 aliphatic rings. The summed E-state index contributed by atoms with van der Waals surface area (Å²) in [5.74, 6) is -1.29. The quantitative estimate of drug-likeness (QED) is 0.205. The van der Waals surface area contributed by atoms with E-state index in [1.54, 1.807) is 26.8 Å². The molecule has 0 aliphatic carbocycles. The SMILES string of the molecule is COc1cc(C)c(S(=O)(=O)N(CCC[C@@H](C(=O)O)N(C=O)[C@H]2CCCN2)C(=N)N)c(C)c1C. The summed E-state index contributed by atoms with van der Waals surface area (Å²) in [6.45, 7) is 5.53. The number of sulfonamides is 1. The molecule has 11 nitrogen and oxygen atoms in total. The molecule has 1 aliphatic heterocycles. The molecule has 1 aromatic rings. The number of rotatable bonds is 11. The van der Waals surface area contributed by atoms with Crippen molar-refractivity contribution in [2.24, 2.45) is 5.73 Å². The maximum atomic E-state index is 13.4. The summed E-state index contributed by atoms with van der Waals surface area (Å²) in [6, 6.07) is 0.492. The lowest BCUT2D eigenvalue weighted by atomic mass is 10.1. The average Bonchev–Trinajstić information content (AvgIpc) is 3.26. The van der Waals surface area contributed by atoms with Crippen LogP contribution in [-0.2, 0) is 19.6 Å². The minimum atomic E-state index is -4.18. The molecular formula is C21H33N5O6S. The van der Waals surface area contributed by atoms with Gasteiger partial charge in [-0.3, -0.25) is 15.5 Å². The van der Waals surface area contributed by atoms with E-state index in [4.69, 9.17) is 15.9 Å². The zero-order valence-electron chi connectivity index (χ0n) is 19.4. The number of methoxy groups -OCH3 is 1. The fourth-order valence-corrected chi connectivity index (χ4v) is 6.08. The topological polar surface area (TPSA) is 166 Å². The third kappa shape index (κ3) is 5.56. The van der Waals surface area contributed by atoms with Gasteiger partial charge in [-0.2, -0.15) is 0 Å². The lowest BCUT2D eigenvalue weighted by Gasteiger charge is -2.31. The Hall–Kier alpha value is -2.86. The Morgan fingerprint density at radius 3 is 2.55 bits per heavy atom. The van der Waals surface area contributed by atoms with E-state index in [1.807, 2.05) is 0 Å². The molecule has 1 saturated heterocycles. The van der Waals surface area contributed by atoms with E-state index < -0.39 is 28.0 Å². The summed E-state index contributed by atoms with van der Waals surface area (Å²) >= 11 is 0. The summed E-state index contributed by atoms with van der Waals surface area (Å²) in [6.07, 6.45) is 1.70. The number of carboxylic acid groups (broad SMARTS) is 1. The lowest BCUT2D eigenvalue weighted by molar-refractivity contribution is -0.148. The van der Waals surface area contributed by atoms with Crippen molar-refractivity contribution in [1.82, 2.24) is 14.5 Å². The zero-order valence-corrected chi connectivity index (χ0v) is 20.2. The fraction of sp³-hybridized carbons (Fsp3) is 0.571. The molecule has 1 fully saturated rings. The second kappa shape index (κ2) is 10.8. The molecular weight excluding hydrogens is 450 g/mol. The van der Waals surface area contributed by atoms with Crippen LogP contribution in [0.25, 0.3) is 0 Å². The van der Waals surface area contributed by atoms with E-state index in [-0.39, 0.29) is 30.4 Å². The molecule has 0 radical (unpaired) electrons. The predicted octanol–water partition coefficient (Wildman–Crippen LogP) is 0.906. The molecule has 2 atom stereocenters. The molecule has 0 unspecified atom stereocenters. The molecule has 1 heterocycles. The summed E-state index contributed by atoms with van der Waals surface area (Å²) in [5.41, 5.74) is 7.22. The number of nitrogens with one attached hydrogen (secondary N) is 2. The zero-order chi connectivity index (χ0) is 24.9. The minimum absolute atomic E-state index is 0.00512. The molecule has 0 aromatic heterocycles. The van der Waals surface area contributed by atoms with Crippen molar-refractivity contribution in [3.05, 3.63) is 22.8 Å². The number of carbonyl (C=O) groups excluding carboxylic acids is 1. The van der Waals surface area contributed by atoms with Crippen molar-refractivity contribution in [2.75, 3.05) is 20.2 Å². The number of nitrogens with two attached hydrogens (primary N) is 1. The van der Waals surface area contributed by atoms with Crippen LogP contribution in [0.5, 0.6) is 5.75 Å². The Labute approximate surface area is 194 Å². The van der Waals surface area contributed by atoms with Crippen molar-refractivity contribution in [3.8, 4) is 5.75 Å². The van der Waals surface area contributed by atoms with Gasteiger partial charge >= 0.3 is 5.97 Å². The number of benzene rings is 1. The highest BCUT2D eigenvalue weighted by molar-refractivity contribution is 7.89. The van der Waals surface area contributed by atoms with Crippen LogP contribution in [0.2, 0.25) is 0 Å². The normalized spacial score (nSPS) is 16.8. The lowest BCUT2D eigenvalue weighted by Crippen LogP contribution is -2.50. The number of aryl methyl sites for hydroxylation is 1. The summed E-state index contributed by atoms with van der Waals surface area (Å²) < 4.78 is 33.0. The summed E-state index contributed by atoms with van der Waals surface area (Å²) in [4.78, 5) is 24.7. The van der Waals surface area contributed by atoms with Crippen LogP contribution in [-0.4, -0.2) is 73.5 Å². The van der Waals surface area contributed by atoms with Gasteiger partial charge in [0.15, 0.2) is 0 Å². The van der Waals surface area contributed by atoms with Gasteiger partial charge in [0.25, 0.3) is 10.0 Å². The highest BCUT2D eigenvalue weighted by Gasteiger charge is 2.34. The number of carbonyl (C=O) groups is 2. The van der Waals surface area contributed by atoms with Crippen molar-refractivity contribution >= 4 is 28.4 Å². The number of nitrogens with zero attached hydrogens (tertiary/aromatic N) is 2. The largest absolute Gasteiger partial charge is 0.496 e. The Morgan fingerprint density at radius 2 is 2.06 bits per heavy atom. The Morgan fingerprint density at radius 1 is 1.39 bits per heavy atom. The van der Waals surface area contributed by atoms with Crippen LogP contribution < -0.4 is 15.8 Å². The van der Waals surface area contributed by atoms with Gasteiger partial charge in [-0.05, 0) is 75.8 Å². The summed E-state index contributed by atoms with van der Waals surface area (Å²) in [7, 11) is -2.68. The van der Waals surface area contributed by atoms with Gasteiger partial charge in [-0.1, -0.05) is 0 Å². The molecule has 1 aromatic carbocycles. The van der Waals surface area contributed by atoms with E-state index in [1.165, 1.54) is 12.0 Å². The van der Waals surface area contributed by atoms with Crippen molar-refractivity contribution in [1.29, 1.82) is 5.41 Å². The number of carboxylic acids is 1. The standard InChI is InChI=1S/C21H33N5O6S/c1-13-11-17(32-4)14(2)15(3)19(13)33(30,31)26(21(22)23)10-6-7-16(20(28)29)25(12-27)18-8-5-9-24-18/h11-12,16,18,24H,5-10H2,1-4H3,(H3,22,23)(H,28,29)/t16-,18-/m0/s1. The fourth-order valence-electron chi connectivity index (χ4n) is 4.22. The van der Waals surface area contributed by atoms with Gasteiger partial charge in [0.05, 0.1) is 18.2 Å². The predicted molar refractivity (Wildman–Crippen MR) is 123 cm³/mol. The van der Waals surface area contributed by atoms with Crippen LogP contribution >= 0.6 is 0 Å². The molecule has 184 valence electrons. The first-order valence-electron chi connectivity index (χ1n) is 10.7. The van der Waals surface area contributed by atoms with Gasteiger partial charge in [-0.25, -0.2) is 17.5 Å². The van der Waals surface area contributed by atoms with Crippen LogP contribution in [0.3, 0.4) is 0 Å². The van der Waals surface area contributed by atoms with Crippen LogP contribution in [0.15, 0.2) is 11.0 Å². The smallest absolute Gasteiger partial charge is 0.326 e. The highest BCUT2D eigenvalue weighted by atomic mass is 32.2. The average molecular weight is 484 g/mol. The van der Waals surface area contributed by atoms with E-state index in [9.17, 15) is 23.1 Å². The van der Waals surface area contributed by atoms with E-state index >= 15 is 0 Å². The van der Waals surface area contributed by atoms with Crippen LogP contribution in [0.1, 0.15) is 42.4 Å². The van der Waals surface area contributed by atoms with E-state index in [2.05, 4.69) is 5.32 Å². The van der Waals surface area contributed by atoms with Crippen molar-refractivity contribution < 1.29 is 27.9 Å². The highest BCUT2D eigenvalue weighted by Crippen LogP contribution is 2.32.